The molecule has 0 bridgehead atoms. The van der Waals surface area contributed by atoms with Crippen molar-refractivity contribution in [1.82, 2.24) is 10.2 Å². The second-order valence-corrected chi connectivity index (χ2v) is 7.60. The Morgan fingerprint density at radius 2 is 2.08 bits per heavy atom. The largest absolute Gasteiger partial charge is 0.493 e. The van der Waals surface area contributed by atoms with Crippen LogP contribution in [0.15, 0.2) is 18.2 Å². The van der Waals surface area contributed by atoms with Crippen molar-refractivity contribution in [3.63, 3.8) is 0 Å². The van der Waals surface area contributed by atoms with Gasteiger partial charge >= 0.3 is 0 Å². The summed E-state index contributed by atoms with van der Waals surface area (Å²) < 4.78 is 19.9. The number of likely N-dealkylation sites (N-methyl/N-ethyl adjacent to an activating group) is 1. The number of hydrogen-bond donors (Lipinski definition) is 1. The zero-order valence-corrected chi connectivity index (χ0v) is 15.3. The number of amides is 1. The van der Waals surface area contributed by atoms with Crippen molar-refractivity contribution in [2.45, 2.75) is 32.1 Å². The van der Waals surface area contributed by atoms with E-state index in [2.05, 4.69) is 5.32 Å². The van der Waals surface area contributed by atoms with Gasteiger partial charge in [-0.05, 0) is 68.2 Å². The van der Waals surface area contributed by atoms with Gasteiger partial charge in [0.05, 0.1) is 13.0 Å². The predicted molar refractivity (Wildman–Crippen MR) is 96.1 cm³/mol. The average molecular weight is 348 g/mol. The number of halogens is 1. The van der Waals surface area contributed by atoms with Gasteiger partial charge in [-0.2, -0.15) is 0 Å². The van der Waals surface area contributed by atoms with Crippen LogP contribution in [-0.4, -0.2) is 44.6 Å². The van der Waals surface area contributed by atoms with Crippen LogP contribution in [0.3, 0.4) is 0 Å². The fraction of sp³-hybridized carbons (Fsp3) is 0.650. The number of carbonyl (C=O) groups is 1. The van der Waals surface area contributed by atoms with Crippen LogP contribution in [0.25, 0.3) is 0 Å². The van der Waals surface area contributed by atoms with Crippen molar-refractivity contribution < 1.29 is 13.9 Å². The van der Waals surface area contributed by atoms with Crippen LogP contribution in [0, 0.1) is 23.6 Å². The Morgan fingerprint density at radius 3 is 2.76 bits per heavy atom. The van der Waals surface area contributed by atoms with E-state index in [0.717, 1.165) is 37.3 Å². The number of benzene rings is 1. The predicted octanol–water partition coefficient (Wildman–Crippen LogP) is 2.86. The van der Waals surface area contributed by atoms with Gasteiger partial charge in [0.15, 0.2) is 0 Å². The third-order valence-electron chi connectivity index (χ3n) is 5.59. The van der Waals surface area contributed by atoms with Crippen molar-refractivity contribution in [1.29, 1.82) is 0 Å². The molecule has 1 aromatic carbocycles. The monoisotopic (exact) mass is 348 g/mol. The Morgan fingerprint density at radius 1 is 1.32 bits per heavy atom. The van der Waals surface area contributed by atoms with E-state index in [0.29, 0.717) is 17.9 Å². The van der Waals surface area contributed by atoms with Gasteiger partial charge in [-0.3, -0.25) is 4.79 Å². The molecule has 4 nitrogen and oxygen atoms in total. The third kappa shape index (κ3) is 4.94. The summed E-state index contributed by atoms with van der Waals surface area (Å²) in [7, 11) is 3.35. The summed E-state index contributed by atoms with van der Waals surface area (Å²) in [4.78, 5) is 13.2. The Kier molecular flexibility index (Phi) is 5.94. The number of nitrogens with one attached hydrogen (secondary N) is 1. The average Bonchev–Trinajstić information content (AvgIpc) is 3.37. The van der Waals surface area contributed by atoms with E-state index < -0.39 is 0 Å². The fourth-order valence-corrected chi connectivity index (χ4v) is 3.86. The second-order valence-electron chi connectivity index (χ2n) is 7.60. The Hall–Kier alpha value is -1.62. The lowest BCUT2D eigenvalue weighted by Crippen LogP contribution is -2.29. The van der Waals surface area contributed by atoms with E-state index >= 15 is 0 Å². The summed E-state index contributed by atoms with van der Waals surface area (Å²) >= 11 is 0. The molecule has 1 saturated heterocycles. The summed E-state index contributed by atoms with van der Waals surface area (Å²) in [6.07, 6.45) is 5.07. The lowest BCUT2D eigenvalue weighted by atomic mass is 9.91. The molecule has 138 valence electrons. The van der Waals surface area contributed by atoms with Gasteiger partial charge in [-0.1, -0.05) is 6.07 Å². The maximum Gasteiger partial charge on any atom is 0.226 e. The standard InChI is InChI=1S/C20H29FN2O2/c1-23(2)20(24)12-16-3-4-17(13-19(16)21)25-10-7-15-11-18(15)14-5-8-22-9-6-14/h3-4,13-15,18,22H,5-12H2,1-2H3. The van der Waals surface area contributed by atoms with Crippen LogP contribution in [0.2, 0.25) is 0 Å². The fourth-order valence-electron chi connectivity index (χ4n) is 3.86. The lowest BCUT2D eigenvalue weighted by molar-refractivity contribution is -0.128. The zero-order valence-electron chi connectivity index (χ0n) is 15.3. The van der Waals surface area contributed by atoms with Crippen molar-refractivity contribution in [3.05, 3.63) is 29.6 Å². The molecule has 0 aromatic heterocycles. The van der Waals surface area contributed by atoms with Gasteiger partial charge in [-0.25, -0.2) is 4.39 Å². The number of nitrogens with zero attached hydrogens (tertiary/aromatic N) is 1. The molecule has 5 heteroatoms. The van der Waals surface area contributed by atoms with Gasteiger partial charge in [0.1, 0.15) is 11.6 Å². The molecule has 1 N–H and O–H groups in total. The molecule has 25 heavy (non-hydrogen) atoms. The molecule has 1 aromatic rings. The summed E-state index contributed by atoms with van der Waals surface area (Å²) in [5, 5.41) is 3.42. The minimum atomic E-state index is -0.369. The lowest BCUT2D eigenvalue weighted by Gasteiger charge is -2.22. The van der Waals surface area contributed by atoms with Crippen LogP contribution in [0.1, 0.15) is 31.2 Å². The van der Waals surface area contributed by atoms with E-state index in [1.165, 1.54) is 30.2 Å². The highest BCUT2D eigenvalue weighted by Crippen LogP contribution is 2.49. The van der Waals surface area contributed by atoms with Crippen molar-refractivity contribution >= 4 is 5.91 Å². The van der Waals surface area contributed by atoms with Crippen LogP contribution < -0.4 is 10.1 Å². The molecule has 1 heterocycles. The third-order valence-corrected chi connectivity index (χ3v) is 5.59. The molecule has 2 unspecified atom stereocenters. The van der Waals surface area contributed by atoms with Crippen LogP contribution in [0.4, 0.5) is 4.39 Å². The van der Waals surface area contributed by atoms with E-state index in [-0.39, 0.29) is 18.1 Å². The second kappa shape index (κ2) is 8.17. The summed E-state index contributed by atoms with van der Waals surface area (Å²) in [6.45, 7) is 2.96. The first-order valence-corrected chi connectivity index (χ1v) is 9.36. The van der Waals surface area contributed by atoms with E-state index in [9.17, 15) is 9.18 Å². The molecule has 1 aliphatic carbocycles. The molecule has 1 saturated carbocycles. The summed E-state index contributed by atoms with van der Waals surface area (Å²) in [5.41, 5.74) is 0.416. The van der Waals surface area contributed by atoms with Gasteiger partial charge in [0.2, 0.25) is 5.91 Å². The molecule has 2 aliphatic rings. The SMILES string of the molecule is CN(C)C(=O)Cc1ccc(OCCC2CC2C2CCNCC2)cc1F. The number of hydrogen-bond acceptors (Lipinski definition) is 3. The highest BCUT2D eigenvalue weighted by atomic mass is 19.1. The maximum absolute atomic E-state index is 14.1. The minimum absolute atomic E-state index is 0.0825. The number of carbonyl (C=O) groups excluding carboxylic acids is 1. The van der Waals surface area contributed by atoms with Crippen LogP contribution in [0.5, 0.6) is 5.75 Å². The molecule has 3 rings (SSSR count). The minimum Gasteiger partial charge on any atom is -0.493 e. The molecule has 1 aliphatic heterocycles. The Bertz CT molecular complexity index is 599. The highest BCUT2D eigenvalue weighted by molar-refractivity contribution is 5.78. The molecule has 1 amide bonds. The molecule has 0 spiro atoms. The molecular formula is C20H29FN2O2. The molecular weight excluding hydrogens is 319 g/mol. The maximum atomic E-state index is 14.1. The van der Waals surface area contributed by atoms with Gasteiger partial charge in [-0.15, -0.1) is 0 Å². The van der Waals surface area contributed by atoms with Gasteiger partial charge in [0.25, 0.3) is 0 Å². The van der Waals surface area contributed by atoms with Gasteiger partial charge < -0.3 is 15.0 Å². The number of ether oxygens (including phenoxy) is 1. The quantitative estimate of drug-likeness (QED) is 0.824. The first-order valence-electron chi connectivity index (χ1n) is 9.36. The summed E-state index contributed by atoms with van der Waals surface area (Å²) in [5.74, 6) is 2.62. The summed E-state index contributed by atoms with van der Waals surface area (Å²) in [6, 6.07) is 4.81. The van der Waals surface area contributed by atoms with Crippen LogP contribution >= 0.6 is 0 Å². The normalized spacial score (nSPS) is 23.3. The van der Waals surface area contributed by atoms with E-state index in [4.69, 9.17) is 4.74 Å². The first kappa shape index (κ1) is 18.2. The smallest absolute Gasteiger partial charge is 0.226 e. The van der Waals surface area contributed by atoms with E-state index in [1.807, 2.05) is 0 Å². The number of piperidine rings is 1. The first-order chi connectivity index (χ1) is 12.0. The molecule has 0 radical (unpaired) electrons. The van der Waals surface area contributed by atoms with E-state index in [1.54, 1.807) is 26.2 Å². The van der Waals surface area contributed by atoms with Crippen molar-refractivity contribution in [2.24, 2.45) is 17.8 Å². The Labute approximate surface area is 149 Å². The van der Waals surface area contributed by atoms with Crippen LogP contribution in [-0.2, 0) is 11.2 Å². The topological polar surface area (TPSA) is 41.6 Å². The van der Waals surface area contributed by atoms with Crippen molar-refractivity contribution in [2.75, 3.05) is 33.8 Å². The molecule has 2 atom stereocenters. The zero-order chi connectivity index (χ0) is 17.8. The van der Waals surface area contributed by atoms with Gasteiger partial charge in [0, 0.05) is 20.2 Å². The molecule has 2 fully saturated rings. The Balaban J connectivity index is 1.41. The number of rotatable bonds is 7. The van der Waals surface area contributed by atoms with Crippen molar-refractivity contribution in [3.8, 4) is 5.75 Å². The highest BCUT2D eigenvalue weighted by Gasteiger charge is 2.42.